The van der Waals surface area contributed by atoms with Crippen LogP contribution < -0.4 is 0 Å². The molecule has 14 heavy (non-hydrogen) atoms. The van der Waals surface area contributed by atoms with E-state index in [0.29, 0.717) is 6.04 Å². The van der Waals surface area contributed by atoms with Crippen LogP contribution in [-0.4, -0.2) is 48.5 Å². The highest BCUT2D eigenvalue weighted by molar-refractivity contribution is 4.80. The Morgan fingerprint density at radius 2 is 2.29 bits per heavy atom. The summed E-state index contributed by atoms with van der Waals surface area (Å²) in [5.74, 6) is 0. The van der Waals surface area contributed by atoms with Crippen molar-refractivity contribution in [1.29, 1.82) is 0 Å². The van der Waals surface area contributed by atoms with Crippen molar-refractivity contribution < 1.29 is 9.84 Å². The maximum atomic E-state index is 9.62. The summed E-state index contributed by atoms with van der Waals surface area (Å²) in [4.78, 5) is 2.36. The number of hydrogen-bond acceptors (Lipinski definition) is 3. The molecule has 0 aromatic rings. The summed E-state index contributed by atoms with van der Waals surface area (Å²) in [5.41, 5.74) is 0. The highest BCUT2D eigenvalue weighted by Crippen LogP contribution is 2.19. The van der Waals surface area contributed by atoms with E-state index in [9.17, 15) is 5.11 Å². The molecule has 3 nitrogen and oxygen atoms in total. The van der Waals surface area contributed by atoms with Crippen molar-refractivity contribution in [2.24, 2.45) is 0 Å². The third-order valence-corrected chi connectivity index (χ3v) is 2.95. The molecule has 1 aliphatic rings. The molecule has 0 aliphatic carbocycles. The van der Waals surface area contributed by atoms with Gasteiger partial charge >= 0.3 is 0 Å². The van der Waals surface area contributed by atoms with E-state index in [-0.39, 0.29) is 6.10 Å². The Labute approximate surface area is 87.1 Å². The second kappa shape index (κ2) is 6.38. The summed E-state index contributed by atoms with van der Waals surface area (Å²) in [6.07, 6.45) is 3.43. The van der Waals surface area contributed by atoms with Crippen LogP contribution >= 0.6 is 0 Å². The monoisotopic (exact) mass is 201 g/mol. The average molecular weight is 201 g/mol. The van der Waals surface area contributed by atoms with E-state index in [0.717, 1.165) is 32.7 Å². The van der Waals surface area contributed by atoms with E-state index in [1.807, 2.05) is 13.8 Å². The van der Waals surface area contributed by atoms with E-state index < -0.39 is 0 Å². The first-order valence-corrected chi connectivity index (χ1v) is 5.75. The molecule has 1 aliphatic heterocycles. The van der Waals surface area contributed by atoms with Crippen LogP contribution in [0.4, 0.5) is 0 Å². The van der Waals surface area contributed by atoms with Crippen LogP contribution in [0.1, 0.15) is 33.1 Å². The van der Waals surface area contributed by atoms with Gasteiger partial charge in [-0.15, -0.1) is 0 Å². The molecule has 1 heterocycles. The third-order valence-electron chi connectivity index (χ3n) is 2.95. The largest absolute Gasteiger partial charge is 0.392 e. The van der Waals surface area contributed by atoms with E-state index in [1.165, 1.54) is 12.8 Å². The van der Waals surface area contributed by atoms with Gasteiger partial charge in [-0.05, 0) is 33.2 Å². The van der Waals surface area contributed by atoms with Crippen molar-refractivity contribution in [3.63, 3.8) is 0 Å². The summed E-state index contributed by atoms with van der Waals surface area (Å²) >= 11 is 0. The fraction of sp³-hybridized carbons (Fsp3) is 1.00. The number of ether oxygens (including phenoxy) is 1. The van der Waals surface area contributed by atoms with E-state index in [2.05, 4.69) is 4.90 Å². The lowest BCUT2D eigenvalue weighted by molar-refractivity contribution is 0.0168. The molecule has 0 amide bonds. The fourth-order valence-corrected chi connectivity index (χ4v) is 2.17. The number of aliphatic hydroxyl groups excluding tert-OH is 1. The molecular formula is C11H23NO2. The molecule has 0 radical (unpaired) electrons. The molecule has 2 atom stereocenters. The Kier molecular flexibility index (Phi) is 5.45. The zero-order chi connectivity index (χ0) is 10.4. The van der Waals surface area contributed by atoms with Crippen LogP contribution in [0, 0.1) is 0 Å². The van der Waals surface area contributed by atoms with Crippen molar-refractivity contribution >= 4 is 0 Å². The molecule has 1 rings (SSSR count). The van der Waals surface area contributed by atoms with Gasteiger partial charge in [-0.2, -0.15) is 0 Å². The summed E-state index contributed by atoms with van der Waals surface area (Å²) in [6.45, 7) is 7.56. The molecule has 84 valence electrons. The number of aliphatic hydroxyl groups is 1. The van der Waals surface area contributed by atoms with Crippen molar-refractivity contribution in [2.45, 2.75) is 45.3 Å². The van der Waals surface area contributed by atoms with Gasteiger partial charge in [0.15, 0.2) is 0 Å². The Morgan fingerprint density at radius 1 is 1.50 bits per heavy atom. The first-order chi connectivity index (χ1) is 6.75. The molecule has 0 unspecified atom stereocenters. The Balaban J connectivity index is 2.30. The first kappa shape index (κ1) is 12.0. The number of hydrogen-bond donors (Lipinski definition) is 1. The Hall–Kier alpha value is -0.120. The fourth-order valence-electron chi connectivity index (χ4n) is 2.17. The normalized spacial score (nSPS) is 26.4. The van der Waals surface area contributed by atoms with E-state index in [1.54, 1.807) is 0 Å². The lowest BCUT2D eigenvalue weighted by Crippen LogP contribution is -2.47. The van der Waals surface area contributed by atoms with Crippen molar-refractivity contribution in [2.75, 3.05) is 26.3 Å². The van der Waals surface area contributed by atoms with Gasteiger partial charge in [0.05, 0.1) is 12.7 Å². The first-order valence-electron chi connectivity index (χ1n) is 5.75. The lowest BCUT2D eigenvalue weighted by Gasteiger charge is -2.37. The number of rotatable bonds is 5. The molecule has 1 fully saturated rings. The van der Waals surface area contributed by atoms with E-state index in [4.69, 9.17) is 4.74 Å². The summed E-state index contributed by atoms with van der Waals surface area (Å²) < 4.78 is 5.34. The molecule has 0 aromatic carbocycles. The minimum absolute atomic E-state index is 0.211. The molecule has 0 spiro atoms. The SMILES string of the molecule is CCOCCN1CCCC[C@H]1[C@H](C)O. The molecule has 1 saturated heterocycles. The molecule has 1 N–H and O–H groups in total. The number of piperidine rings is 1. The molecule has 0 saturated carbocycles. The van der Waals surface area contributed by atoms with Gasteiger partial charge in [0.25, 0.3) is 0 Å². The quantitative estimate of drug-likeness (QED) is 0.680. The van der Waals surface area contributed by atoms with Crippen LogP contribution in [0.25, 0.3) is 0 Å². The second-order valence-corrected chi connectivity index (χ2v) is 4.04. The van der Waals surface area contributed by atoms with Crippen LogP contribution in [0.3, 0.4) is 0 Å². The van der Waals surface area contributed by atoms with Crippen molar-refractivity contribution in [1.82, 2.24) is 4.90 Å². The minimum Gasteiger partial charge on any atom is -0.392 e. The second-order valence-electron chi connectivity index (χ2n) is 4.04. The highest BCUT2D eigenvalue weighted by Gasteiger charge is 2.25. The minimum atomic E-state index is -0.211. The summed E-state index contributed by atoms with van der Waals surface area (Å²) in [6, 6.07) is 0.351. The van der Waals surface area contributed by atoms with Gasteiger partial charge in [0.1, 0.15) is 0 Å². The highest BCUT2D eigenvalue weighted by atomic mass is 16.5. The topological polar surface area (TPSA) is 32.7 Å². The number of nitrogens with zero attached hydrogens (tertiary/aromatic N) is 1. The van der Waals surface area contributed by atoms with Crippen LogP contribution in [0.15, 0.2) is 0 Å². The van der Waals surface area contributed by atoms with Crippen LogP contribution in [0.2, 0.25) is 0 Å². The molecule has 0 bridgehead atoms. The molecule has 0 aromatic heterocycles. The van der Waals surface area contributed by atoms with Gasteiger partial charge in [0.2, 0.25) is 0 Å². The molecule has 3 heteroatoms. The standard InChI is InChI=1S/C11H23NO2/c1-3-14-9-8-12-7-5-4-6-11(12)10(2)13/h10-11,13H,3-9H2,1-2H3/t10-,11-/m0/s1. The van der Waals surface area contributed by atoms with Gasteiger partial charge in [-0.3, -0.25) is 4.90 Å². The summed E-state index contributed by atoms with van der Waals surface area (Å²) in [5, 5.41) is 9.62. The van der Waals surface area contributed by atoms with Gasteiger partial charge < -0.3 is 9.84 Å². The van der Waals surface area contributed by atoms with Gasteiger partial charge in [-0.1, -0.05) is 6.42 Å². The predicted molar refractivity (Wildman–Crippen MR) is 57.4 cm³/mol. The summed E-state index contributed by atoms with van der Waals surface area (Å²) in [7, 11) is 0. The van der Waals surface area contributed by atoms with Crippen LogP contribution in [-0.2, 0) is 4.74 Å². The maximum Gasteiger partial charge on any atom is 0.0667 e. The predicted octanol–water partition coefficient (Wildman–Crippen LogP) is 1.26. The van der Waals surface area contributed by atoms with Crippen molar-refractivity contribution in [3.8, 4) is 0 Å². The van der Waals surface area contributed by atoms with Gasteiger partial charge in [0, 0.05) is 19.2 Å². The van der Waals surface area contributed by atoms with Gasteiger partial charge in [-0.25, -0.2) is 0 Å². The van der Waals surface area contributed by atoms with Crippen molar-refractivity contribution in [3.05, 3.63) is 0 Å². The Bertz CT molecular complexity index is 150. The Morgan fingerprint density at radius 3 is 2.93 bits per heavy atom. The zero-order valence-corrected chi connectivity index (χ0v) is 9.41. The van der Waals surface area contributed by atoms with E-state index >= 15 is 0 Å². The third kappa shape index (κ3) is 3.56. The lowest BCUT2D eigenvalue weighted by atomic mass is 9.98. The molecular weight excluding hydrogens is 178 g/mol. The zero-order valence-electron chi connectivity index (χ0n) is 9.41. The maximum absolute atomic E-state index is 9.62. The van der Waals surface area contributed by atoms with Crippen LogP contribution in [0.5, 0.6) is 0 Å². The smallest absolute Gasteiger partial charge is 0.0667 e. The number of likely N-dealkylation sites (tertiary alicyclic amines) is 1. The average Bonchev–Trinajstić information content (AvgIpc) is 2.19.